The number of ether oxygens (including phenoxy) is 1. The van der Waals surface area contributed by atoms with Gasteiger partial charge in [-0.3, -0.25) is 9.59 Å². The highest BCUT2D eigenvalue weighted by atomic mass is 32.1. The van der Waals surface area contributed by atoms with Gasteiger partial charge in [-0.05, 0) is 35.6 Å². The molecule has 1 aromatic carbocycles. The van der Waals surface area contributed by atoms with Gasteiger partial charge >= 0.3 is 0 Å². The molecular weight excluding hydrogens is 274 g/mol. The number of thiophene rings is 1. The van der Waals surface area contributed by atoms with Gasteiger partial charge < -0.3 is 10.1 Å². The first kappa shape index (κ1) is 14.3. The van der Waals surface area contributed by atoms with E-state index in [-0.39, 0.29) is 0 Å². The summed E-state index contributed by atoms with van der Waals surface area (Å²) in [6.07, 6.45) is 0.653. The van der Waals surface area contributed by atoms with Crippen LogP contribution in [-0.4, -0.2) is 25.3 Å². The lowest BCUT2D eigenvalue weighted by atomic mass is 10.1. The van der Waals surface area contributed by atoms with Crippen molar-refractivity contribution in [1.29, 1.82) is 0 Å². The minimum absolute atomic E-state index is 0.420. The van der Waals surface area contributed by atoms with Crippen LogP contribution in [0.1, 0.15) is 15.2 Å². The van der Waals surface area contributed by atoms with Crippen LogP contribution in [0.4, 0.5) is 0 Å². The van der Waals surface area contributed by atoms with Crippen molar-refractivity contribution in [2.45, 2.75) is 6.42 Å². The number of carbonyl (C=O) groups excluding carboxylic acids is 2. The minimum atomic E-state index is -0.560. The van der Waals surface area contributed by atoms with Gasteiger partial charge in [0.05, 0.1) is 12.0 Å². The summed E-state index contributed by atoms with van der Waals surface area (Å²) in [5.74, 6) is -0.260. The average Bonchev–Trinajstić information content (AvgIpc) is 3.00. The van der Waals surface area contributed by atoms with Crippen molar-refractivity contribution in [3.63, 3.8) is 0 Å². The van der Waals surface area contributed by atoms with Crippen LogP contribution in [0, 0.1) is 0 Å². The second-order valence-electron chi connectivity index (χ2n) is 4.16. The zero-order chi connectivity index (χ0) is 14.4. The van der Waals surface area contributed by atoms with Gasteiger partial charge in [0.1, 0.15) is 5.75 Å². The molecule has 104 valence electrons. The second kappa shape index (κ2) is 6.86. The third-order valence-electron chi connectivity index (χ3n) is 2.78. The first-order chi connectivity index (χ1) is 9.70. The standard InChI is InChI=1S/C15H15NO3S/c1-19-12-5-2-4-11(10-12)7-8-16-15(18)14(17)13-6-3-9-20-13/h2-6,9-10H,7-8H2,1H3,(H,16,18). The highest BCUT2D eigenvalue weighted by molar-refractivity contribution is 7.13. The largest absolute Gasteiger partial charge is 0.497 e. The number of benzene rings is 1. The Balaban J connectivity index is 1.83. The van der Waals surface area contributed by atoms with E-state index >= 15 is 0 Å². The molecule has 0 bridgehead atoms. The van der Waals surface area contributed by atoms with Gasteiger partial charge in [0.2, 0.25) is 0 Å². The highest BCUT2D eigenvalue weighted by Crippen LogP contribution is 2.12. The number of carbonyl (C=O) groups is 2. The number of nitrogens with one attached hydrogen (secondary N) is 1. The monoisotopic (exact) mass is 289 g/mol. The molecule has 0 aliphatic heterocycles. The summed E-state index contributed by atoms with van der Waals surface area (Å²) in [7, 11) is 1.61. The van der Waals surface area contributed by atoms with Crippen LogP contribution in [0.25, 0.3) is 0 Å². The van der Waals surface area contributed by atoms with E-state index in [2.05, 4.69) is 5.32 Å². The summed E-state index contributed by atoms with van der Waals surface area (Å²) in [4.78, 5) is 23.9. The Kier molecular flexibility index (Phi) is 4.90. The zero-order valence-electron chi connectivity index (χ0n) is 11.1. The van der Waals surface area contributed by atoms with E-state index in [1.807, 2.05) is 24.3 Å². The predicted octanol–water partition coefficient (Wildman–Crippen LogP) is 2.30. The highest BCUT2D eigenvalue weighted by Gasteiger charge is 2.16. The molecule has 20 heavy (non-hydrogen) atoms. The topological polar surface area (TPSA) is 55.4 Å². The van der Waals surface area contributed by atoms with Gasteiger partial charge in [0.15, 0.2) is 0 Å². The van der Waals surface area contributed by atoms with E-state index in [1.54, 1.807) is 24.6 Å². The quantitative estimate of drug-likeness (QED) is 0.656. The fourth-order valence-corrected chi connectivity index (χ4v) is 2.41. The van der Waals surface area contributed by atoms with Crippen LogP contribution in [-0.2, 0) is 11.2 Å². The molecule has 0 atom stereocenters. The van der Waals surface area contributed by atoms with Gasteiger partial charge in [0.25, 0.3) is 11.7 Å². The van der Waals surface area contributed by atoms with Crippen molar-refractivity contribution in [2.75, 3.05) is 13.7 Å². The van der Waals surface area contributed by atoms with Crippen molar-refractivity contribution in [1.82, 2.24) is 5.32 Å². The molecule has 2 rings (SSSR count). The summed E-state index contributed by atoms with van der Waals surface area (Å²) in [6, 6.07) is 11.0. The summed E-state index contributed by atoms with van der Waals surface area (Å²) in [5.41, 5.74) is 1.05. The molecule has 0 spiro atoms. The Hall–Kier alpha value is -2.14. The molecule has 0 aliphatic rings. The molecule has 0 saturated carbocycles. The maximum absolute atomic E-state index is 11.7. The second-order valence-corrected chi connectivity index (χ2v) is 5.11. The van der Waals surface area contributed by atoms with Crippen molar-refractivity contribution in [3.05, 3.63) is 52.2 Å². The lowest BCUT2D eigenvalue weighted by Crippen LogP contribution is -2.32. The zero-order valence-corrected chi connectivity index (χ0v) is 11.9. The van der Waals surface area contributed by atoms with Crippen molar-refractivity contribution >= 4 is 23.0 Å². The van der Waals surface area contributed by atoms with E-state index in [0.717, 1.165) is 11.3 Å². The average molecular weight is 289 g/mol. The van der Waals surface area contributed by atoms with E-state index in [0.29, 0.717) is 17.8 Å². The Bertz CT molecular complexity index is 593. The number of Topliss-reactive ketones (excluding diaryl/α,β-unsaturated/α-hetero) is 1. The summed E-state index contributed by atoms with van der Waals surface area (Å²) < 4.78 is 5.13. The maximum atomic E-state index is 11.7. The SMILES string of the molecule is COc1cccc(CCNC(=O)C(=O)c2cccs2)c1. The molecule has 0 radical (unpaired) electrons. The molecule has 0 aliphatic carbocycles. The van der Waals surface area contributed by atoms with Crippen LogP contribution >= 0.6 is 11.3 Å². The number of methoxy groups -OCH3 is 1. The van der Waals surface area contributed by atoms with Crippen LogP contribution in [0.15, 0.2) is 41.8 Å². The fourth-order valence-electron chi connectivity index (χ4n) is 1.75. The van der Waals surface area contributed by atoms with Crippen LogP contribution in [0.3, 0.4) is 0 Å². The first-order valence-electron chi connectivity index (χ1n) is 6.19. The molecule has 0 unspecified atom stereocenters. The van der Waals surface area contributed by atoms with Crippen LogP contribution in [0.5, 0.6) is 5.75 Å². The van der Waals surface area contributed by atoms with Gasteiger partial charge in [-0.15, -0.1) is 11.3 Å². The number of hydrogen-bond acceptors (Lipinski definition) is 4. The molecule has 1 heterocycles. The number of hydrogen-bond donors (Lipinski definition) is 1. The first-order valence-corrected chi connectivity index (χ1v) is 7.07. The molecule has 1 amide bonds. The summed E-state index contributed by atoms with van der Waals surface area (Å²) in [5, 5.41) is 4.41. The minimum Gasteiger partial charge on any atom is -0.497 e. The van der Waals surface area contributed by atoms with Gasteiger partial charge in [-0.2, -0.15) is 0 Å². The lowest BCUT2D eigenvalue weighted by Gasteiger charge is -2.05. The molecule has 2 aromatic rings. The Labute approximate surface area is 121 Å². The maximum Gasteiger partial charge on any atom is 0.293 e. The smallest absolute Gasteiger partial charge is 0.293 e. The molecule has 1 N–H and O–H groups in total. The van der Waals surface area contributed by atoms with Gasteiger partial charge in [-0.25, -0.2) is 0 Å². The van der Waals surface area contributed by atoms with Crippen molar-refractivity contribution in [2.24, 2.45) is 0 Å². The van der Waals surface area contributed by atoms with E-state index in [9.17, 15) is 9.59 Å². The Morgan fingerprint density at radius 2 is 2.10 bits per heavy atom. The molecule has 0 fully saturated rings. The Morgan fingerprint density at radius 3 is 2.80 bits per heavy atom. The molecular formula is C15H15NO3S. The molecule has 4 nitrogen and oxygen atoms in total. The van der Waals surface area contributed by atoms with Crippen LogP contribution in [0.2, 0.25) is 0 Å². The lowest BCUT2D eigenvalue weighted by molar-refractivity contribution is -0.116. The van der Waals surface area contributed by atoms with Gasteiger partial charge in [-0.1, -0.05) is 18.2 Å². The number of ketones is 1. The van der Waals surface area contributed by atoms with Gasteiger partial charge in [0, 0.05) is 6.54 Å². The number of amides is 1. The normalized spacial score (nSPS) is 10.1. The van der Waals surface area contributed by atoms with E-state index < -0.39 is 11.7 Å². The molecule has 1 aromatic heterocycles. The third-order valence-corrected chi connectivity index (χ3v) is 3.65. The van der Waals surface area contributed by atoms with E-state index in [4.69, 9.17) is 4.74 Å². The van der Waals surface area contributed by atoms with Crippen LogP contribution < -0.4 is 10.1 Å². The fraction of sp³-hybridized carbons (Fsp3) is 0.200. The predicted molar refractivity (Wildman–Crippen MR) is 78.4 cm³/mol. The summed E-state index contributed by atoms with van der Waals surface area (Å²) in [6.45, 7) is 0.420. The van der Waals surface area contributed by atoms with E-state index in [1.165, 1.54) is 11.3 Å². The Morgan fingerprint density at radius 1 is 1.25 bits per heavy atom. The molecule has 0 saturated heterocycles. The van der Waals surface area contributed by atoms with Crippen molar-refractivity contribution < 1.29 is 14.3 Å². The van der Waals surface area contributed by atoms with Crippen molar-refractivity contribution in [3.8, 4) is 5.75 Å². The summed E-state index contributed by atoms with van der Waals surface area (Å²) >= 11 is 1.27. The third kappa shape index (κ3) is 3.68. The number of rotatable bonds is 6. The molecule has 5 heteroatoms.